The van der Waals surface area contributed by atoms with Gasteiger partial charge in [-0.1, -0.05) is 19.4 Å². The van der Waals surface area contributed by atoms with Gasteiger partial charge in [-0.15, -0.1) is 0 Å². The lowest BCUT2D eigenvalue weighted by atomic mass is 9.99. The Balaban J connectivity index is 1.11. The molecule has 5 aliphatic rings. The molecule has 1 amide bonds. The van der Waals surface area contributed by atoms with Crippen LogP contribution in [-0.2, 0) is 4.74 Å². The molecule has 258 valence electrons. The Morgan fingerprint density at radius 1 is 1.02 bits per heavy atom. The molecule has 5 heterocycles. The van der Waals surface area contributed by atoms with Gasteiger partial charge in [-0.3, -0.25) is 4.90 Å². The second kappa shape index (κ2) is 14.2. The number of carbonyl (C=O) groups is 1. The van der Waals surface area contributed by atoms with E-state index in [9.17, 15) is 9.90 Å². The number of piperazine rings is 1. The van der Waals surface area contributed by atoms with E-state index in [4.69, 9.17) is 14.7 Å². The van der Waals surface area contributed by atoms with Gasteiger partial charge in [-0.2, -0.15) is 9.98 Å². The van der Waals surface area contributed by atoms with E-state index in [1.165, 1.54) is 19.3 Å². The number of amides is 1. The van der Waals surface area contributed by atoms with Gasteiger partial charge in [-0.05, 0) is 90.8 Å². The summed E-state index contributed by atoms with van der Waals surface area (Å²) in [7, 11) is 0. The van der Waals surface area contributed by atoms with Crippen molar-refractivity contribution in [3.8, 4) is 11.4 Å². The summed E-state index contributed by atoms with van der Waals surface area (Å²) in [5, 5.41) is 12.1. The standard InChI is InChI=1S/C37H52N8O3/c1-25-31-24-39-35(41-34(31)45(29-12-7-8-13-29)26(2)33(25)27(3)46)40-32-15-14-30(23-38-32)43-21-19-42(20-22-43)18-16-28-11-9-10-17-44(28)36(47)48-37(4,5)6/h14-15,23-24,28-29,46H,2,7-13,16-22H2,1,3-6H3/b33-27+,40-35?. The Hall–Kier alpha value is -3.99. The SMILES string of the molecule is C=c1/c(=C(\C)O)c(C)c2cnc(=Nc3ccc(N4CCN(CCC5CCCCN5C(=O)OC(C)(C)C)CC4)cn3)nc-2n1C1CCCC1. The number of aliphatic hydroxyl groups is 1. The molecular weight excluding hydrogens is 604 g/mol. The van der Waals surface area contributed by atoms with Crippen LogP contribution in [0.15, 0.2) is 29.5 Å². The van der Waals surface area contributed by atoms with Crippen LogP contribution in [0.25, 0.3) is 23.7 Å². The van der Waals surface area contributed by atoms with Gasteiger partial charge in [0, 0.05) is 73.7 Å². The van der Waals surface area contributed by atoms with Crippen molar-refractivity contribution in [1.29, 1.82) is 0 Å². The maximum Gasteiger partial charge on any atom is 0.410 e. The molecule has 0 radical (unpaired) electrons. The number of carbonyl (C=O) groups excluding carboxylic acids is 1. The van der Waals surface area contributed by atoms with Crippen LogP contribution in [0, 0.1) is 6.92 Å². The van der Waals surface area contributed by atoms with Crippen LogP contribution in [-0.4, -0.2) is 91.4 Å². The fraction of sp³-hybridized carbons (Fsp3) is 0.595. The number of pyridine rings is 2. The number of hydrogen-bond donors (Lipinski definition) is 1. The molecule has 48 heavy (non-hydrogen) atoms. The van der Waals surface area contributed by atoms with Crippen molar-refractivity contribution < 1.29 is 14.6 Å². The van der Waals surface area contributed by atoms with E-state index in [0.29, 0.717) is 17.5 Å². The molecule has 0 spiro atoms. The first-order valence-electron chi connectivity index (χ1n) is 17.7. The van der Waals surface area contributed by atoms with Crippen LogP contribution in [0.4, 0.5) is 16.3 Å². The number of nitrogens with zero attached hydrogens (tertiary/aromatic N) is 8. The second-order valence-electron chi connectivity index (χ2n) is 14.7. The minimum absolute atomic E-state index is 0.174. The predicted octanol–water partition coefficient (Wildman–Crippen LogP) is 4.83. The summed E-state index contributed by atoms with van der Waals surface area (Å²) in [6, 6.07) is 4.54. The lowest BCUT2D eigenvalue weighted by Crippen LogP contribution is -2.50. The second-order valence-corrected chi connectivity index (χ2v) is 14.7. The molecule has 0 bridgehead atoms. The van der Waals surface area contributed by atoms with Crippen molar-refractivity contribution in [3.05, 3.63) is 46.3 Å². The largest absolute Gasteiger partial charge is 0.512 e. The monoisotopic (exact) mass is 656 g/mol. The molecule has 2 saturated heterocycles. The summed E-state index contributed by atoms with van der Waals surface area (Å²) in [6.07, 6.45) is 12.2. The average molecular weight is 657 g/mol. The third kappa shape index (κ3) is 7.51. The van der Waals surface area contributed by atoms with Gasteiger partial charge in [-0.25, -0.2) is 14.8 Å². The zero-order chi connectivity index (χ0) is 34.0. The lowest BCUT2D eigenvalue weighted by molar-refractivity contribution is 0.00764. The van der Waals surface area contributed by atoms with Crippen molar-refractivity contribution in [3.63, 3.8) is 0 Å². The molecule has 1 atom stereocenters. The molecule has 0 aromatic carbocycles. The zero-order valence-corrected chi connectivity index (χ0v) is 29.4. The number of ether oxygens (including phenoxy) is 1. The summed E-state index contributed by atoms with van der Waals surface area (Å²) in [6.45, 7) is 19.4. The Bertz CT molecular complexity index is 1740. The molecule has 1 aliphatic carbocycles. The minimum Gasteiger partial charge on any atom is -0.512 e. The number of likely N-dealkylation sites (tertiary alicyclic amines) is 1. The molecule has 1 aromatic rings. The van der Waals surface area contributed by atoms with Crippen molar-refractivity contribution in [2.24, 2.45) is 4.99 Å². The number of rotatable bonds is 6. The first-order valence-corrected chi connectivity index (χ1v) is 17.7. The maximum absolute atomic E-state index is 12.8. The van der Waals surface area contributed by atoms with Gasteiger partial charge in [0.15, 0.2) is 5.82 Å². The molecule has 1 saturated carbocycles. The van der Waals surface area contributed by atoms with E-state index >= 15 is 0 Å². The van der Waals surface area contributed by atoms with Crippen molar-refractivity contribution >= 4 is 29.9 Å². The van der Waals surface area contributed by atoms with Crippen LogP contribution < -0.4 is 21.1 Å². The number of hydrogen-bond acceptors (Lipinski definition) is 9. The van der Waals surface area contributed by atoms with E-state index in [2.05, 4.69) is 37.0 Å². The predicted molar refractivity (Wildman–Crippen MR) is 189 cm³/mol. The highest BCUT2D eigenvalue weighted by atomic mass is 16.6. The number of piperidine rings is 1. The van der Waals surface area contributed by atoms with Crippen molar-refractivity contribution in [2.45, 2.75) is 104 Å². The van der Waals surface area contributed by atoms with E-state index in [1.54, 1.807) is 6.92 Å². The summed E-state index contributed by atoms with van der Waals surface area (Å²) >= 11 is 0. The molecular formula is C37H52N8O3. The Kier molecular flexibility index (Phi) is 10.1. The number of aromatic nitrogens is 4. The summed E-state index contributed by atoms with van der Waals surface area (Å²) in [5.41, 5.74) is 2.80. The van der Waals surface area contributed by atoms with Crippen LogP contribution >= 0.6 is 0 Å². The minimum atomic E-state index is -0.473. The van der Waals surface area contributed by atoms with E-state index in [-0.39, 0.29) is 17.9 Å². The molecule has 11 nitrogen and oxygen atoms in total. The number of anilines is 1. The maximum atomic E-state index is 12.8. The normalized spacial score (nSPS) is 20.9. The fourth-order valence-electron chi connectivity index (χ4n) is 7.66. The van der Waals surface area contributed by atoms with Crippen LogP contribution in [0.3, 0.4) is 0 Å². The van der Waals surface area contributed by atoms with Crippen LogP contribution in [0.5, 0.6) is 0 Å². The van der Waals surface area contributed by atoms with E-state index in [1.807, 2.05) is 51.1 Å². The molecule has 1 aromatic heterocycles. The first kappa shape index (κ1) is 33.9. The highest BCUT2D eigenvalue weighted by molar-refractivity contribution is 5.68. The summed E-state index contributed by atoms with van der Waals surface area (Å²) in [4.78, 5) is 38.5. The Morgan fingerprint density at radius 3 is 2.42 bits per heavy atom. The molecule has 6 rings (SSSR count). The molecule has 1 unspecified atom stereocenters. The van der Waals surface area contributed by atoms with Crippen LogP contribution in [0.1, 0.15) is 90.7 Å². The fourth-order valence-corrected chi connectivity index (χ4v) is 7.66. The Morgan fingerprint density at radius 2 is 1.75 bits per heavy atom. The third-order valence-corrected chi connectivity index (χ3v) is 10.1. The smallest absolute Gasteiger partial charge is 0.410 e. The van der Waals surface area contributed by atoms with E-state index in [0.717, 1.165) is 105 Å². The molecule has 4 aliphatic heterocycles. The van der Waals surface area contributed by atoms with Crippen LogP contribution in [0.2, 0.25) is 0 Å². The topological polar surface area (TPSA) is 112 Å². The lowest BCUT2D eigenvalue weighted by Gasteiger charge is -2.39. The number of fused-ring (bicyclic) bond motifs is 1. The highest BCUT2D eigenvalue weighted by Gasteiger charge is 2.31. The van der Waals surface area contributed by atoms with Gasteiger partial charge in [0.2, 0.25) is 0 Å². The van der Waals surface area contributed by atoms with E-state index < -0.39 is 5.60 Å². The molecule has 1 N–H and O–H groups in total. The van der Waals surface area contributed by atoms with Gasteiger partial charge in [0.1, 0.15) is 11.4 Å². The van der Waals surface area contributed by atoms with Crippen molar-refractivity contribution in [2.75, 3.05) is 44.2 Å². The summed E-state index contributed by atoms with van der Waals surface area (Å²) in [5.74, 6) is 1.63. The molecule has 11 heteroatoms. The molecule has 3 fully saturated rings. The quantitative estimate of drug-likeness (QED) is 0.402. The average Bonchev–Trinajstić information content (AvgIpc) is 3.58. The zero-order valence-electron chi connectivity index (χ0n) is 29.4. The first-order chi connectivity index (χ1) is 23.0. The number of aliphatic hydroxyl groups excluding tert-OH is 1. The van der Waals surface area contributed by atoms with Gasteiger partial charge >= 0.3 is 6.09 Å². The van der Waals surface area contributed by atoms with Gasteiger partial charge < -0.3 is 24.2 Å². The Labute approximate surface area is 284 Å². The van der Waals surface area contributed by atoms with Gasteiger partial charge in [0.05, 0.1) is 17.6 Å². The third-order valence-electron chi connectivity index (χ3n) is 10.1. The van der Waals surface area contributed by atoms with Crippen molar-refractivity contribution in [1.82, 2.24) is 29.3 Å². The van der Waals surface area contributed by atoms with Gasteiger partial charge in [0.25, 0.3) is 5.62 Å². The summed E-state index contributed by atoms with van der Waals surface area (Å²) < 4.78 is 7.89. The highest BCUT2D eigenvalue weighted by Crippen LogP contribution is 2.32.